The van der Waals surface area contributed by atoms with Crippen molar-refractivity contribution in [3.63, 3.8) is 0 Å². The van der Waals surface area contributed by atoms with Crippen LogP contribution in [0.15, 0.2) is 18.5 Å². The minimum Gasteiger partial charge on any atom is -0.481 e. The van der Waals surface area contributed by atoms with Crippen LogP contribution in [0.4, 0.5) is 0 Å². The van der Waals surface area contributed by atoms with Crippen molar-refractivity contribution in [2.75, 3.05) is 13.1 Å². The van der Waals surface area contributed by atoms with E-state index in [2.05, 4.69) is 10.2 Å². The molecule has 1 saturated heterocycles. The van der Waals surface area contributed by atoms with Crippen LogP contribution in [0.5, 0.6) is 0 Å². The number of likely N-dealkylation sites (tertiary alicyclic amines) is 1. The molecule has 1 atom stereocenters. The first-order valence-corrected chi connectivity index (χ1v) is 6.27. The molecule has 2 heterocycles. The van der Waals surface area contributed by atoms with Crippen molar-refractivity contribution in [2.24, 2.45) is 11.3 Å². The molecule has 1 unspecified atom stereocenters. The molecule has 6 heteroatoms. The van der Waals surface area contributed by atoms with Crippen LogP contribution < -0.4 is 0 Å². The smallest absolute Gasteiger partial charge is 0.311 e. The highest BCUT2D eigenvalue weighted by Gasteiger charge is 2.48. The zero-order valence-electron chi connectivity index (χ0n) is 11.0. The number of carbonyl (C=O) groups excluding carboxylic acids is 1. The lowest BCUT2D eigenvalue weighted by Crippen LogP contribution is -2.40. The van der Waals surface area contributed by atoms with Gasteiger partial charge in [0.15, 0.2) is 0 Å². The lowest BCUT2D eigenvalue weighted by atomic mass is 9.76. The van der Waals surface area contributed by atoms with Gasteiger partial charge in [0.2, 0.25) is 0 Å². The summed E-state index contributed by atoms with van der Waals surface area (Å²) in [4.78, 5) is 25.3. The summed E-state index contributed by atoms with van der Waals surface area (Å²) in [6, 6.07) is 1.59. The maximum Gasteiger partial charge on any atom is 0.311 e. The quantitative estimate of drug-likeness (QED) is 0.881. The van der Waals surface area contributed by atoms with E-state index in [4.69, 9.17) is 0 Å². The van der Waals surface area contributed by atoms with Crippen LogP contribution in [-0.4, -0.2) is 45.2 Å². The summed E-state index contributed by atoms with van der Waals surface area (Å²) in [6.07, 6.45) is 3.35. The lowest BCUT2D eigenvalue weighted by molar-refractivity contribution is -0.150. The van der Waals surface area contributed by atoms with E-state index in [1.807, 2.05) is 13.8 Å². The SMILES string of the molecule is CC(C)C1(C(=O)O)CCN(C(=O)c2ccnnc2)C1. The van der Waals surface area contributed by atoms with Gasteiger partial charge < -0.3 is 10.0 Å². The first-order valence-electron chi connectivity index (χ1n) is 6.27. The number of carboxylic acid groups (broad SMARTS) is 1. The Morgan fingerprint density at radius 3 is 2.63 bits per heavy atom. The van der Waals surface area contributed by atoms with Gasteiger partial charge >= 0.3 is 5.97 Å². The number of hydrogen-bond donors (Lipinski definition) is 1. The molecule has 0 bridgehead atoms. The molecule has 102 valence electrons. The Kier molecular flexibility index (Phi) is 3.50. The first-order chi connectivity index (χ1) is 8.97. The summed E-state index contributed by atoms with van der Waals surface area (Å²) in [5.74, 6) is -1.03. The van der Waals surface area contributed by atoms with Gasteiger partial charge in [0, 0.05) is 13.1 Å². The molecule has 6 nitrogen and oxygen atoms in total. The summed E-state index contributed by atoms with van der Waals surface area (Å²) in [7, 11) is 0. The molecule has 2 rings (SSSR count). The standard InChI is InChI=1S/C13H17N3O3/c1-9(2)13(12(18)19)4-6-16(8-13)11(17)10-3-5-14-15-7-10/h3,5,7,9H,4,6,8H2,1-2H3,(H,18,19). The zero-order chi connectivity index (χ0) is 14.0. The van der Waals surface area contributed by atoms with Gasteiger partial charge in [-0.1, -0.05) is 13.8 Å². The van der Waals surface area contributed by atoms with Crippen molar-refractivity contribution in [3.8, 4) is 0 Å². The van der Waals surface area contributed by atoms with Gasteiger partial charge in [0.05, 0.1) is 23.4 Å². The third-order valence-corrected chi connectivity index (χ3v) is 3.95. The fraction of sp³-hybridized carbons (Fsp3) is 0.538. The van der Waals surface area contributed by atoms with Gasteiger partial charge in [0.25, 0.3) is 5.91 Å². The predicted octanol–water partition coefficient (Wildman–Crippen LogP) is 1.05. The molecule has 0 spiro atoms. The zero-order valence-corrected chi connectivity index (χ0v) is 11.0. The Labute approximate surface area is 111 Å². The molecule has 0 aromatic carbocycles. The maximum atomic E-state index is 12.2. The molecule has 1 amide bonds. The summed E-state index contributed by atoms with van der Waals surface area (Å²) >= 11 is 0. The average Bonchev–Trinajstić information content (AvgIpc) is 2.85. The first kappa shape index (κ1) is 13.5. The molecule has 19 heavy (non-hydrogen) atoms. The van der Waals surface area contributed by atoms with Crippen LogP contribution in [0.1, 0.15) is 30.6 Å². The topological polar surface area (TPSA) is 83.4 Å². The second kappa shape index (κ2) is 4.95. The molecule has 0 saturated carbocycles. The van der Waals surface area contributed by atoms with Crippen LogP contribution in [0.25, 0.3) is 0 Å². The number of aromatic nitrogens is 2. The van der Waals surface area contributed by atoms with Crippen molar-refractivity contribution < 1.29 is 14.7 Å². The molecule has 0 aliphatic carbocycles. The third-order valence-electron chi connectivity index (χ3n) is 3.95. The van der Waals surface area contributed by atoms with E-state index < -0.39 is 11.4 Å². The summed E-state index contributed by atoms with van der Waals surface area (Å²) in [6.45, 7) is 4.49. The predicted molar refractivity (Wildman–Crippen MR) is 67.5 cm³/mol. The van der Waals surface area contributed by atoms with Gasteiger partial charge in [-0.25, -0.2) is 0 Å². The molecule has 1 aromatic heterocycles. The van der Waals surface area contributed by atoms with Crippen molar-refractivity contribution >= 4 is 11.9 Å². The van der Waals surface area contributed by atoms with E-state index in [0.29, 0.717) is 18.5 Å². The molecular weight excluding hydrogens is 246 g/mol. The molecule has 0 radical (unpaired) electrons. The van der Waals surface area contributed by atoms with Crippen molar-refractivity contribution in [1.82, 2.24) is 15.1 Å². The second-order valence-corrected chi connectivity index (χ2v) is 5.22. The van der Waals surface area contributed by atoms with E-state index in [-0.39, 0.29) is 18.4 Å². The highest BCUT2D eigenvalue weighted by atomic mass is 16.4. The van der Waals surface area contributed by atoms with Crippen LogP contribution in [0, 0.1) is 11.3 Å². The van der Waals surface area contributed by atoms with E-state index in [1.165, 1.54) is 12.4 Å². The van der Waals surface area contributed by atoms with Crippen LogP contribution in [-0.2, 0) is 4.79 Å². The molecule has 1 N–H and O–H groups in total. The Hall–Kier alpha value is -1.98. The average molecular weight is 263 g/mol. The molecular formula is C13H17N3O3. The van der Waals surface area contributed by atoms with Crippen molar-refractivity contribution in [2.45, 2.75) is 20.3 Å². The van der Waals surface area contributed by atoms with Gasteiger partial charge in [0.1, 0.15) is 0 Å². The minimum absolute atomic E-state index is 0.0154. The molecule has 1 fully saturated rings. The van der Waals surface area contributed by atoms with Gasteiger partial charge in [-0.3, -0.25) is 9.59 Å². The van der Waals surface area contributed by atoms with E-state index in [0.717, 1.165) is 0 Å². The molecule has 1 aliphatic rings. The Morgan fingerprint density at radius 2 is 2.16 bits per heavy atom. The number of nitrogens with zero attached hydrogens (tertiary/aromatic N) is 3. The number of rotatable bonds is 3. The van der Waals surface area contributed by atoms with Crippen molar-refractivity contribution in [3.05, 3.63) is 24.0 Å². The minimum atomic E-state index is -0.837. The lowest BCUT2D eigenvalue weighted by Gasteiger charge is -2.28. The van der Waals surface area contributed by atoms with Crippen LogP contribution in [0.2, 0.25) is 0 Å². The number of carbonyl (C=O) groups is 2. The van der Waals surface area contributed by atoms with Crippen molar-refractivity contribution in [1.29, 1.82) is 0 Å². The fourth-order valence-corrected chi connectivity index (χ4v) is 2.50. The summed E-state index contributed by atoms with van der Waals surface area (Å²) < 4.78 is 0. The van der Waals surface area contributed by atoms with E-state index >= 15 is 0 Å². The maximum absolute atomic E-state index is 12.2. The molecule has 1 aliphatic heterocycles. The van der Waals surface area contributed by atoms with Gasteiger partial charge in [-0.2, -0.15) is 10.2 Å². The second-order valence-electron chi connectivity index (χ2n) is 5.22. The van der Waals surface area contributed by atoms with E-state index in [1.54, 1.807) is 11.0 Å². The normalized spacial score (nSPS) is 22.8. The monoisotopic (exact) mass is 263 g/mol. The number of hydrogen-bond acceptors (Lipinski definition) is 4. The van der Waals surface area contributed by atoms with Gasteiger partial charge in [-0.15, -0.1) is 0 Å². The van der Waals surface area contributed by atoms with E-state index in [9.17, 15) is 14.7 Å². The molecule has 1 aromatic rings. The largest absolute Gasteiger partial charge is 0.481 e. The highest BCUT2D eigenvalue weighted by molar-refractivity contribution is 5.94. The third kappa shape index (κ3) is 2.30. The Balaban J connectivity index is 2.18. The summed E-state index contributed by atoms with van der Waals surface area (Å²) in [5.41, 5.74) is -0.393. The summed E-state index contributed by atoms with van der Waals surface area (Å²) in [5, 5.41) is 16.7. The fourth-order valence-electron chi connectivity index (χ4n) is 2.50. The van der Waals surface area contributed by atoms with Crippen LogP contribution in [0.3, 0.4) is 0 Å². The number of amides is 1. The van der Waals surface area contributed by atoms with Crippen LogP contribution >= 0.6 is 0 Å². The van der Waals surface area contributed by atoms with Gasteiger partial charge in [-0.05, 0) is 18.4 Å². The highest BCUT2D eigenvalue weighted by Crippen LogP contribution is 2.38. The number of carboxylic acids is 1. The Morgan fingerprint density at radius 1 is 1.42 bits per heavy atom. The number of aliphatic carboxylic acids is 1. The Bertz CT molecular complexity index is 489.